The van der Waals surface area contributed by atoms with Crippen LogP contribution in [-0.4, -0.2) is 37.4 Å². The molecule has 0 fully saturated rings. The third-order valence-electron chi connectivity index (χ3n) is 3.48. The fourth-order valence-electron chi connectivity index (χ4n) is 2.47. The molecular formula is C13H18N2O5S. The van der Waals surface area contributed by atoms with E-state index in [-0.39, 0.29) is 23.0 Å². The minimum absolute atomic E-state index is 0.0387. The van der Waals surface area contributed by atoms with E-state index in [1.54, 1.807) is 14.0 Å². The van der Waals surface area contributed by atoms with Gasteiger partial charge in [-0.2, -0.15) is 0 Å². The summed E-state index contributed by atoms with van der Waals surface area (Å²) >= 11 is 0. The lowest BCUT2D eigenvalue weighted by atomic mass is 10.0. The fraction of sp³-hybridized carbons (Fsp3) is 0.538. The number of aromatic nitrogens is 1. The zero-order chi connectivity index (χ0) is 15.8. The number of nitrogens with one attached hydrogen (secondary N) is 1. The highest BCUT2D eigenvalue weighted by atomic mass is 32.2. The summed E-state index contributed by atoms with van der Waals surface area (Å²) < 4.78 is 33.5. The van der Waals surface area contributed by atoms with Crippen molar-refractivity contribution in [2.45, 2.75) is 37.6 Å². The van der Waals surface area contributed by atoms with Crippen molar-refractivity contribution in [3.63, 3.8) is 0 Å². The predicted octanol–water partition coefficient (Wildman–Crippen LogP) is 0.384. The predicted molar refractivity (Wildman–Crippen MR) is 74.5 cm³/mol. The summed E-state index contributed by atoms with van der Waals surface area (Å²) in [5.74, 6) is -0.802. The summed E-state index contributed by atoms with van der Waals surface area (Å²) in [7, 11) is -2.23. The maximum Gasteiger partial charge on any atom is 0.355 e. The molecule has 2 rings (SSSR count). The number of rotatable bonds is 3. The molecular weight excluding hydrogens is 296 g/mol. The van der Waals surface area contributed by atoms with Crippen LogP contribution in [0.25, 0.3) is 0 Å². The van der Waals surface area contributed by atoms with Crippen molar-refractivity contribution >= 4 is 21.8 Å². The van der Waals surface area contributed by atoms with Crippen LogP contribution >= 0.6 is 0 Å². The van der Waals surface area contributed by atoms with Crippen molar-refractivity contribution in [3.8, 4) is 0 Å². The molecule has 7 nitrogen and oxygen atoms in total. The first-order chi connectivity index (χ1) is 9.77. The van der Waals surface area contributed by atoms with E-state index in [0.29, 0.717) is 18.4 Å². The number of Topliss-reactive ketones (excluding diaryl/α,β-unsaturated/α-hetero) is 1. The summed E-state index contributed by atoms with van der Waals surface area (Å²) in [5, 5.41) is 0. The van der Waals surface area contributed by atoms with Crippen molar-refractivity contribution < 1.29 is 22.7 Å². The normalized spacial score (nSPS) is 20.4. The van der Waals surface area contributed by atoms with Gasteiger partial charge in [-0.05, 0) is 26.7 Å². The molecule has 0 saturated heterocycles. The Balaban J connectivity index is 2.53. The molecule has 1 aromatic rings. The van der Waals surface area contributed by atoms with Gasteiger partial charge >= 0.3 is 5.97 Å². The van der Waals surface area contributed by atoms with Crippen molar-refractivity contribution in [1.82, 2.24) is 9.29 Å². The largest absolute Gasteiger partial charge is 0.461 e. The molecule has 0 amide bonds. The lowest BCUT2D eigenvalue weighted by Crippen LogP contribution is -2.38. The topological polar surface area (TPSA) is 94.5 Å². The van der Waals surface area contributed by atoms with E-state index < -0.39 is 22.0 Å². The van der Waals surface area contributed by atoms with E-state index in [4.69, 9.17) is 4.74 Å². The van der Waals surface area contributed by atoms with Gasteiger partial charge in [-0.3, -0.25) is 4.79 Å². The number of carbonyl (C=O) groups excluding carboxylic acids is 2. The molecule has 1 aliphatic rings. The standard InChI is InChI=1S/C13H18N2O5S/c1-4-20-13(17)12-9-5-6-10(8(2)16)14-21(18,19)11(9)7-15(12)3/h7,10,14H,4-6H2,1-3H3. The SMILES string of the molecule is CCOC(=O)c1c2c(cn1C)S(=O)(=O)NC(C(C)=O)CC2. The van der Waals surface area contributed by atoms with Crippen molar-refractivity contribution in [2.24, 2.45) is 7.05 Å². The Bertz CT molecular complexity index is 690. The van der Waals surface area contributed by atoms with Gasteiger partial charge in [0.2, 0.25) is 10.0 Å². The smallest absolute Gasteiger partial charge is 0.355 e. The summed E-state index contributed by atoms with van der Waals surface area (Å²) in [6.45, 7) is 3.23. The lowest BCUT2D eigenvalue weighted by molar-refractivity contribution is -0.118. The molecule has 0 bridgehead atoms. The molecule has 1 atom stereocenters. The minimum Gasteiger partial charge on any atom is -0.461 e. The first-order valence-electron chi connectivity index (χ1n) is 6.66. The van der Waals surface area contributed by atoms with Gasteiger partial charge in [0.1, 0.15) is 16.4 Å². The zero-order valence-corrected chi connectivity index (χ0v) is 13.0. The summed E-state index contributed by atoms with van der Waals surface area (Å²) in [6, 6.07) is -0.761. The lowest BCUT2D eigenvalue weighted by Gasteiger charge is -2.11. The molecule has 0 spiro atoms. The third kappa shape index (κ3) is 2.86. The van der Waals surface area contributed by atoms with Gasteiger partial charge < -0.3 is 9.30 Å². The Hall–Kier alpha value is -1.67. The molecule has 116 valence electrons. The summed E-state index contributed by atoms with van der Waals surface area (Å²) in [6.07, 6.45) is 2.02. The van der Waals surface area contributed by atoms with Crippen molar-refractivity contribution in [1.29, 1.82) is 0 Å². The van der Waals surface area contributed by atoms with Crippen LogP contribution < -0.4 is 4.72 Å². The van der Waals surface area contributed by atoms with E-state index in [0.717, 1.165) is 0 Å². The quantitative estimate of drug-likeness (QED) is 0.814. The number of sulfonamides is 1. The fourth-order valence-corrected chi connectivity index (χ4v) is 4.08. The Morgan fingerprint density at radius 1 is 1.48 bits per heavy atom. The van der Waals surface area contributed by atoms with Crippen LogP contribution in [0.15, 0.2) is 11.1 Å². The molecule has 1 unspecified atom stereocenters. The van der Waals surface area contributed by atoms with Crippen LogP contribution in [0.1, 0.15) is 36.3 Å². The highest BCUT2D eigenvalue weighted by Crippen LogP contribution is 2.27. The number of nitrogens with zero attached hydrogens (tertiary/aromatic N) is 1. The monoisotopic (exact) mass is 314 g/mol. The molecule has 0 radical (unpaired) electrons. The minimum atomic E-state index is -3.82. The molecule has 8 heteroatoms. The average Bonchev–Trinajstić information content (AvgIpc) is 2.65. The molecule has 1 aromatic heterocycles. The van der Waals surface area contributed by atoms with E-state index >= 15 is 0 Å². The van der Waals surface area contributed by atoms with Gasteiger partial charge in [-0.1, -0.05) is 0 Å². The van der Waals surface area contributed by atoms with E-state index in [1.807, 2.05) is 0 Å². The number of ketones is 1. The first kappa shape index (κ1) is 15.7. The average molecular weight is 314 g/mol. The molecule has 0 aliphatic carbocycles. The second-order valence-electron chi connectivity index (χ2n) is 4.98. The maximum atomic E-state index is 12.3. The van der Waals surface area contributed by atoms with E-state index in [2.05, 4.69) is 4.72 Å². The number of ether oxygens (including phenoxy) is 1. The molecule has 1 N–H and O–H groups in total. The van der Waals surface area contributed by atoms with Gasteiger partial charge in [0.25, 0.3) is 0 Å². The van der Waals surface area contributed by atoms with Gasteiger partial charge in [-0.15, -0.1) is 0 Å². The number of hydrogen-bond acceptors (Lipinski definition) is 5. The van der Waals surface area contributed by atoms with Crippen LogP contribution in [0.4, 0.5) is 0 Å². The van der Waals surface area contributed by atoms with Crippen LogP contribution in [-0.2, 0) is 33.0 Å². The molecule has 1 aliphatic heterocycles. The van der Waals surface area contributed by atoms with E-state index in [9.17, 15) is 18.0 Å². The summed E-state index contributed by atoms with van der Waals surface area (Å²) in [5.41, 5.74) is 0.633. The van der Waals surface area contributed by atoms with Crippen LogP contribution in [0.2, 0.25) is 0 Å². The zero-order valence-electron chi connectivity index (χ0n) is 12.2. The molecule has 2 heterocycles. The maximum absolute atomic E-state index is 12.3. The first-order valence-corrected chi connectivity index (χ1v) is 8.14. The van der Waals surface area contributed by atoms with Crippen LogP contribution in [0.5, 0.6) is 0 Å². The molecule has 0 aromatic carbocycles. The van der Waals surface area contributed by atoms with Gasteiger partial charge in [0, 0.05) is 18.8 Å². The Morgan fingerprint density at radius 2 is 2.14 bits per heavy atom. The number of aryl methyl sites for hydroxylation is 1. The van der Waals surface area contributed by atoms with Gasteiger partial charge in [-0.25, -0.2) is 17.9 Å². The Kier molecular flexibility index (Phi) is 4.20. The van der Waals surface area contributed by atoms with Gasteiger partial charge in [0.15, 0.2) is 0 Å². The Labute approximate surface area is 123 Å². The third-order valence-corrected chi connectivity index (χ3v) is 5.00. The highest BCUT2D eigenvalue weighted by Gasteiger charge is 2.34. The van der Waals surface area contributed by atoms with Gasteiger partial charge in [0.05, 0.1) is 12.6 Å². The summed E-state index contributed by atoms with van der Waals surface area (Å²) in [4.78, 5) is 23.5. The second kappa shape index (κ2) is 5.61. The van der Waals surface area contributed by atoms with Crippen molar-refractivity contribution in [2.75, 3.05) is 6.61 Å². The number of hydrogen-bond donors (Lipinski definition) is 1. The molecule has 0 saturated carbocycles. The molecule has 21 heavy (non-hydrogen) atoms. The second-order valence-corrected chi connectivity index (χ2v) is 6.66. The number of esters is 1. The number of carbonyl (C=O) groups is 2. The van der Waals surface area contributed by atoms with Crippen LogP contribution in [0, 0.1) is 0 Å². The Morgan fingerprint density at radius 3 is 2.71 bits per heavy atom. The van der Waals surface area contributed by atoms with Crippen LogP contribution in [0.3, 0.4) is 0 Å². The van der Waals surface area contributed by atoms with E-state index in [1.165, 1.54) is 17.7 Å². The highest BCUT2D eigenvalue weighted by molar-refractivity contribution is 7.89. The van der Waals surface area contributed by atoms with Crippen molar-refractivity contribution in [3.05, 3.63) is 17.5 Å². The number of fused-ring (bicyclic) bond motifs is 1.